The molecule has 6 nitrogen and oxygen atoms in total. The second kappa shape index (κ2) is 5.95. The smallest absolute Gasteiger partial charge is 0.338 e. The molecule has 0 aliphatic carbocycles. The predicted molar refractivity (Wildman–Crippen MR) is 76.6 cm³/mol. The average Bonchev–Trinajstić information content (AvgIpc) is 3.10. The number of H-pyrrole nitrogens is 1. The van der Waals surface area contributed by atoms with E-state index in [1.807, 2.05) is 18.5 Å². The van der Waals surface area contributed by atoms with E-state index in [-0.39, 0.29) is 5.92 Å². The van der Waals surface area contributed by atoms with Crippen LogP contribution in [0, 0.1) is 6.92 Å². The van der Waals surface area contributed by atoms with Crippen LogP contribution in [-0.2, 0) is 19.8 Å². The lowest BCUT2D eigenvalue weighted by Crippen LogP contribution is -2.35. The quantitative estimate of drug-likeness (QED) is 0.939. The summed E-state index contributed by atoms with van der Waals surface area (Å²) >= 11 is 0. The SMILES string of the molecule is Cc1nnc(CN2CCC[C@H](c3ncc(C(F)(F)F)[nH]3)C2)n1C. The Morgan fingerprint density at radius 3 is 2.74 bits per heavy atom. The van der Waals surface area contributed by atoms with Gasteiger partial charge in [-0.05, 0) is 26.3 Å². The number of hydrogen-bond donors (Lipinski definition) is 1. The number of likely N-dealkylation sites (tertiary alicyclic amines) is 1. The van der Waals surface area contributed by atoms with Crippen molar-refractivity contribution in [2.75, 3.05) is 13.1 Å². The zero-order valence-electron chi connectivity index (χ0n) is 13.1. The van der Waals surface area contributed by atoms with E-state index in [0.717, 1.165) is 37.2 Å². The molecule has 2 aromatic rings. The molecule has 0 saturated carbocycles. The van der Waals surface area contributed by atoms with E-state index in [1.54, 1.807) is 0 Å². The molecule has 9 heteroatoms. The minimum atomic E-state index is -4.38. The summed E-state index contributed by atoms with van der Waals surface area (Å²) in [5.41, 5.74) is -0.784. The predicted octanol–water partition coefficient (Wildman–Crippen LogP) is 2.25. The van der Waals surface area contributed by atoms with Gasteiger partial charge in [0.15, 0.2) is 0 Å². The summed E-state index contributed by atoms with van der Waals surface area (Å²) in [6.07, 6.45) is -1.75. The van der Waals surface area contributed by atoms with Crippen molar-refractivity contribution in [2.45, 2.75) is 38.4 Å². The van der Waals surface area contributed by atoms with E-state index in [0.29, 0.717) is 18.9 Å². The van der Waals surface area contributed by atoms with E-state index in [2.05, 4.69) is 25.1 Å². The highest BCUT2D eigenvalue weighted by molar-refractivity contribution is 5.10. The second-order valence-corrected chi connectivity index (χ2v) is 5.98. The first-order valence-electron chi connectivity index (χ1n) is 7.54. The van der Waals surface area contributed by atoms with Crippen molar-refractivity contribution >= 4 is 0 Å². The Labute approximate surface area is 131 Å². The molecule has 126 valence electrons. The molecule has 3 heterocycles. The van der Waals surface area contributed by atoms with Crippen molar-refractivity contribution in [1.82, 2.24) is 29.6 Å². The molecular formula is C14H19F3N6. The number of piperidine rings is 1. The van der Waals surface area contributed by atoms with Crippen LogP contribution in [0.5, 0.6) is 0 Å². The number of imidazole rings is 1. The summed E-state index contributed by atoms with van der Waals surface area (Å²) < 4.78 is 40.0. The minimum Gasteiger partial charge on any atom is -0.338 e. The zero-order valence-corrected chi connectivity index (χ0v) is 13.1. The van der Waals surface area contributed by atoms with Gasteiger partial charge in [0.2, 0.25) is 0 Å². The van der Waals surface area contributed by atoms with E-state index in [4.69, 9.17) is 0 Å². The van der Waals surface area contributed by atoms with Crippen molar-refractivity contribution in [1.29, 1.82) is 0 Å². The Hall–Kier alpha value is -1.90. The number of nitrogens with one attached hydrogen (secondary N) is 1. The van der Waals surface area contributed by atoms with Crippen LogP contribution >= 0.6 is 0 Å². The van der Waals surface area contributed by atoms with E-state index < -0.39 is 11.9 Å². The fourth-order valence-electron chi connectivity index (χ4n) is 2.90. The van der Waals surface area contributed by atoms with Crippen molar-refractivity contribution in [3.05, 3.63) is 29.4 Å². The van der Waals surface area contributed by atoms with Gasteiger partial charge in [-0.3, -0.25) is 4.90 Å². The highest BCUT2D eigenvalue weighted by Crippen LogP contribution is 2.31. The summed E-state index contributed by atoms with van der Waals surface area (Å²) in [5, 5.41) is 8.17. The van der Waals surface area contributed by atoms with Gasteiger partial charge in [0.25, 0.3) is 0 Å². The summed E-state index contributed by atoms with van der Waals surface area (Å²) in [4.78, 5) is 8.55. The maximum atomic E-state index is 12.7. The third-order valence-corrected chi connectivity index (χ3v) is 4.34. The van der Waals surface area contributed by atoms with Gasteiger partial charge in [0.1, 0.15) is 23.2 Å². The van der Waals surface area contributed by atoms with Crippen LogP contribution in [0.25, 0.3) is 0 Å². The summed E-state index contributed by atoms with van der Waals surface area (Å²) in [6, 6.07) is 0. The molecule has 1 aliphatic rings. The van der Waals surface area contributed by atoms with E-state index >= 15 is 0 Å². The van der Waals surface area contributed by atoms with Gasteiger partial charge < -0.3 is 9.55 Å². The Kier molecular flexibility index (Phi) is 4.13. The van der Waals surface area contributed by atoms with Crippen LogP contribution in [-0.4, -0.2) is 42.7 Å². The topological polar surface area (TPSA) is 62.6 Å². The number of aryl methyl sites for hydroxylation is 1. The van der Waals surface area contributed by atoms with E-state index in [9.17, 15) is 13.2 Å². The number of aromatic nitrogens is 5. The van der Waals surface area contributed by atoms with Crippen LogP contribution in [0.2, 0.25) is 0 Å². The van der Waals surface area contributed by atoms with Gasteiger partial charge in [-0.15, -0.1) is 10.2 Å². The zero-order chi connectivity index (χ0) is 16.6. The molecule has 2 aromatic heterocycles. The van der Waals surface area contributed by atoms with Gasteiger partial charge in [-0.2, -0.15) is 13.2 Å². The molecule has 3 rings (SSSR count). The molecule has 1 atom stereocenters. The standard InChI is InChI=1S/C14H19F3N6/c1-9-20-21-12(22(9)2)8-23-5-3-4-10(7-23)13-18-6-11(19-13)14(15,16)17/h6,10H,3-5,7-8H2,1-2H3,(H,18,19)/t10-/m0/s1. The maximum Gasteiger partial charge on any atom is 0.432 e. The lowest BCUT2D eigenvalue weighted by molar-refractivity contribution is -0.141. The maximum absolute atomic E-state index is 12.7. The third-order valence-electron chi connectivity index (χ3n) is 4.34. The first-order chi connectivity index (χ1) is 10.8. The Balaban J connectivity index is 1.68. The Bertz CT molecular complexity index is 674. The monoisotopic (exact) mass is 328 g/mol. The molecule has 0 spiro atoms. The Morgan fingerprint density at radius 1 is 1.35 bits per heavy atom. The van der Waals surface area contributed by atoms with Crippen molar-refractivity contribution in [3.63, 3.8) is 0 Å². The van der Waals surface area contributed by atoms with Crippen molar-refractivity contribution < 1.29 is 13.2 Å². The van der Waals surface area contributed by atoms with Crippen LogP contribution in [0.1, 0.15) is 41.9 Å². The molecule has 23 heavy (non-hydrogen) atoms. The van der Waals surface area contributed by atoms with Crippen molar-refractivity contribution in [2.24, 2.45) is 7.05 Å². The van der Waals surface area contributed by atoms with Crippen LogP contribution < -0.4 is 0 Å². The van der Waals surface area contributed by atoms with Crippen molar-refractivity contribution in [3.8, 4) is 0 Å². The number of hydrogen-bond acceptors (Lipinski definition) is 4. The largest absolute Gasteiger partial charge is 0.432 e. The van der Waals surface area contributed by atoms with Gasteiger partial charge in [-0.1, -0.05) is 0 Å². The number of alkyl halides is 3. The molecule has 1 N–H and O–H groups in total. The lowest BCUT2D eigenvalue weighted by Gasteiger charge is -2.31. The molecule has 1 fully saturated rings. The first kappa shape index (κ1) is 16.0. The normalized spacial score (nSPS) is 20.1. The van der Waals surface area contributed by atoms with Crippen LogP contribution in [0.3, 0.4) is 0 Å². The van der Waals surface area contributed by atoms with Gasteiger partial charge in [-0.25, -0.2) is 4.98 Å². The second-order valence-electron chi connectivity index (χ2n) is 5.98. The number of nitrogens with zero attached hydrogens (tertiary/aromatic N) is 5. The number of rotatable bonds is 3. The summed E-state index contributed by atoms with van der Waals surface area (Å²) in [7, 11) is 1.91. The number of halogens is 3. The van der Waals surface area contributed by atoms with E-state index in [1.165, 1.54) is 0 Å². The van der Waals surface area contributed by atoms with Crippen LogP contribution in [0.15, 0.2) is 6.20 Å². The fraction of sp³-hybridized carbons (Fsp3) is 0.643. The molecule has 1 saturated heterocycles. The van der Waals surface area contributed by atoms with Gasteiger partial charge in [0.05, 0.1) is 12.7 Å². The molecule has 0 radical (unpaired) electrons. The average molecular weight is 328 g/mol. The third kappa shape index (κ3) is 3.39. The summed E-state index contributed by atoms with van der Waals surface area (Å²) in [5.74, 6) is 2.10. The first-order valence-corrected chi connectivity index (χ1v) is 7.54. The Morgan fingerprint density at radius 2 is 2.13 bits per heavy atom. The molecule has 1 aliphatic heterocycles. The molecule has 0 bridgehead atoms. The molecular weight excluding hydrogens is 309 g/mol. The van der Waals surface area contributed by atoms with Gasteiger partial charge >= 0.3 is 6.18 Å². The molecule has 0 aromatic carbocycles. The fourth-order valence-corrected chi connectivity index (χ4v) is 2.90. The van der Waals surface area contributed by atoms with Crippen LogP contribution in [0.4, 0.5) is 13.2 Å². The highest BCUT2D eigenvalue weighted by atomic mass is 19.4. The molecule has 0 unspecified atom stereocenters. The molecule has 0 amide bonds. The summed E-state index contributed by atoms with van der Waals surface area (Å²) in [6.45, 7) is 4.09. The highest BCUT2D eigenvalue weighted by Gasteiger charge is 2.34. The minimum absolute atomic E-state index is 0.0193. The lowest BCUT2D eigenvalue weighted by atomic mass is 9.97. The van der Waals surface area contributed by atoms with Gasteiger partial charge in [0, 0.05) is 19.5 Å². The number of aromatic amines is 1.